The molecule has 2 amide bonds. The molecule has 0 bridgehead atoms. The number of carbonyl (C=O) groups excluding carboxylic acids is 2. The molecule has 2 aromatic rings. The minimum absolute atomic E-state index is 0.0529. The maximum atomic E-state index is 13.5. The van der Waals surface area contributed by atoms with E-state index in [9.17, 15) is 22.4 Å². The molecule has 7 nitrogen and oxygen atoms in total. The van der Waals surface area contributed by atoms with E-state index < -0.39 is 21.6 Å². The number of nitrogens with one attached hydrogen (secondary N) is 1. The molecule has 9 heteroatoms. The SMILES string of the molecule is CCC(C(=O)NC(C)(C)C)N(Cc1ccc(F)cc1)C(=O)CCCN(c1ccc(C)c(C)c1)S(C)(=O)=O. The number of aryl methyl sites for hydroxylation is 2. The monoisotopic (exact) mass is 533 g/mol. The van der Waals surface area contributed by atoms with E-state index in [0.29, 0.717) is 17.7 Å². The van der Waals surface area contributed by atoms with Gasteiger partial charge in [0.1, 0.15) is 11.9 Å². The Morgan fingerprint density at radius 1 is 1.03 bits per heavy atom. The molecule has 0 fully saturated rings. The summed E-state index contributed by atoms with van der Waals surface area (Å²) in [7, 11) is -3.56. The standard InChI is InChI=1S/C28H40FN3O4S/c1-8-25(27(34)30-28(4,5)6)31(19-22-12-14-23(29)15-13-22)26(33)10-9-17-32(37(7,35)36)24-16-11-20(2)21(3)18-24/h11-16,18,25H,8-10,17,19H2,1-7H3,(H,30,34). The summed E-state index contributed by atoms with van der Waals surface area (Å²) in [5.41, 5.74) is 2.81. The van der Waals surface area contributed by atoms with Crippen LogP contribution in [0.25, 0.3) is 0 Å². The first-order valence-corrected chi connectivity index (χ1v) is 14.4. The number of anilines is 1. The molecule has 0 radical (unpaired) electrons. The highest BCUT2D eigenvalue weighted by Crippen LogP contribution is 2.22. The van der Waals surface area contributed by atoms with E-state index in [2.05, 4.69) is 5.32 Å². The first kappa shape index (κ1) is 30.3. The van der Waals surface area contributed by atoms with Crippen LogP contribution in [0.2, 0.25) is 0 Å². The van der Waals surface area contributed by atoms with Crippen molar-refractivity contribution in [1.82, 2.24) is 10.2 Å². The minimum Gasteiger partial charge on any atom is -0.350 e. The topological polar surface area (TPSA) is 86.8 Å². The number of hydrogen-bond donors (Lipinski definition) is 1. The van der Waals surface area contributed by atoms with Crippen LogP contribution < -0.4 is 9.62 Å². The van der Waals surface area contributed by atoms with Crippen molar-refractivity contribution in [1.29, 1.82) is 0 Å². The lowest BCUT2D eigenvalue weighted by Crippen LogP contribution is -2.53. The summed E-state index contributed by atoms with van der Waals surface area (Å²) in [5.74, 6) is -0.918. The average molecular weight is 534 g/mol. The van der Waals surface area contributed by atoms with Crippen LogP contribution in [0.5, 0.6) is 0 Å². The normalized spacial score (nSPS) is 12.6. The molecule has 204 valence electrons. The van der Waals surface area contributed by atoms with E-state index in [4.69, 9.17) is 0 Å². The molecule has 0 aliphatic carbocycles. The van der Waals surface area contributed by atoms with Crippen LogP contribution >= 0.6 is 0 Å². The molecule has 0 saturated carbocycles. The fraction of sp³-hybridized carbons (Fsp3) is 0.500. The highest BCUT2D eigenvalue weighted by atomic mass is 32.2. The van der Waals surface area contributed by atoms with Gasteiger partial charge in [-0.3, -0.25) is 13.9 Å². The number of halogens is 1. The maximum Gasteiger partial charge on any atom is 0.243 e. The van der Waals surface area contributed by atoms with Crippen molar-refractivity contribution in [3.63, 3.8) is 0 Å². The van der Waals surface area contributed by atoms with Crippen molar-refractivity contribution in [2.45, 2.75) is 78.9 Å². The molecule has 1 unspecified atom stereocenters. The number of sulfonamides is 1. The number of nitrogens with zero attached hydrogens (tertiary/aromatic N) is 2. The van der Waals surface area contributed by atoms with Gasteiger partial charge in [-0.05, 0) is 88.4 Å². The highest BCUT2D eigenvalue weighted by molar-refractivity contribution is 7.92. The van der Waals surface area contributed by atoms with Gasteiger partial charge in [0.05, 0.1) is 11.9 Å². The van der Waals surface area contributed by atoms with Crippen LogP contribution in [-0.2, 0) is 26.2 Å². The summed E-state index contributed by atoms with van der Waals surface area (Å²) in [6.07, 6.45) is 1.87. The summed E-state index contributed by atoms with van der Waals surface area (Å²) >= 11 is 0. The van der Waals surface area contributed by atoms with Gasteiger partial charge in [0.15, 0.2) is 0 Å². The molecular weight excluding hydrogens is 493 g/mol. The van der Waals surface area contributed by atoms with E-state index in [1.165, 1.54) is 21.3 Å². The average Bonchev–Trinajstić information content (AvgIpc) is 2.77. The zero-order chi connectivity index (χ0) is 28.0. The molecular formula is C28H40FN3O4S. The smallest absolute Gasteiger partial charge is 0.243 e. The Balaban J connectivity index is 2.25. The summed E-state index contributed by atoms with van der Waals surface area (Å²) in [4.78, 5) is 28.0. The Bertz CT molecular complexity index is 1190. The van der Waals surface area contributed by atoms with E-state index >= 15 is 0 Å². The predicted molar refractivity (Wildman–Crippen MR) is 146 cm³/mol. The van der Waals surface area contributed by atoms with Crippen molar-refractivity contribution in [2.75, 3.05) is 17.1 Å². The second-order valence-electron chi connectivity index (χ2n) is 10.5. The summed E-state index contributed by atoms with van der Waals surface area (Å²) in [6.45, 7) is 11.6. The summed E-state index contributed by atoms with van der Waals surface area (Å²) in [6, 6.07) is 10.6. The molecule has 1 N–H and O–H groups in total. The van der Waals surface area contributed by atoms with Gasteiger partial charge in [-0.1, -0.05) is 25.1 Å². The molecule has 0 aliphatic rings. The van der Waals surface area contributed by atoms with Crippen LogP contribution in [0.15, 0.2) is 42.5 Å². The quantitative estimate of drug-likeness (QED) is 0.453. The fourth-order valence-electron chi connectivity index (χ4n) is 4.04. The van der Waals surface area contributed by atoms with Crippen LogP contribution in [0.3, 0.4) is 0 Å². The molecule has 0 aromatic heterocycles. The van der Waals surface area contributed by atoms with Crippen molar-refractivity contribution in [3.05, 3.63) is 65.0 Å². The van der Waals surface area contributed by atoms with Gasteiger partial charge in [0.2, 0.25) is 21.8 Å². The van der Waals surface area contributed by atoms with E-state index in [0.717, 1.165) is 17.4 Å². The number of rotatable bonds is 11. The number of hydrogen-bond acceptors (Lipinski definition) is 4. The van der Waals surface area contributed by atoms with Crippen LogP contribution in [0, 0.1) is 19.7 Å². The van der Waals surface area contributed by atoms with Gasteiger partial charge in [-0.25, -0.2) is 12.8 Å². The first-order chi connectivity index (χ1) is 17.1. The van der Waals surface area contributed by atoms with Gasteiger partial charge in [-0.15, -0.1) is 0 Å². The third kappa shape index (κ3) is 9.14. The molecule has 2 aromatic carbocycles. The van der Waals surface area contributed by atoms with E-state index in [1.807, 2.05) is 53.7 Å². The Hall–Kier alpha value is -2.94. The molecule has 37 heavy (non-hydrogen) atoms. The minimum atomic E-state index is -3.56. The van der Waals surface area contributed by atoms with Gasteiger partial charge < -0.3 is 10.2 Å². The zero-order valence-electron chi connectivity index (χ0n) is 23.0. The Morgan fingerprint density at radius 3 is 2.16 bits per heavy atom. The van der Waals surface area contributed by atoms with Gasteiger partial charge in [-0.2, -0.15) is 0 Å². The third-order valence-electron chi connectivity index (χ3n) is 6.08. The largest absolute Gasteiger partial charge is 0.350 e. The third-order valence-corrected chi connectivity index (χ3v) is 7.28. The predicted octanol–water partition coefficient (Wildman–Crippen LogP) is 4.71. The Morgan fingerprint density at radius 2 is 1.65 bits per heavy atom. The second-order valence-corrected chi connectivity index (χ2v) is 12.4. The zero-order valence-corrected chi connectivity index (χ0v) is 23.8. The number of benzene rings is 2. The Kier molecular flexibility index (Phi) is 10.3. The van der Waals surface area contributed by atoms with Crippen LogP contribution in [-0.4, -0.2) is 49.5 Å². The molecule has 2 rings (SSSR count). The van der Waals surface area contributed by atoms with Crippen molar-refractivity contribution in [2.24, 2.45) is 0 Å². The van der Waals surface area contributed by atoms with Crippen molar-refractivity contribution < 1.29 is 22.4 Å². The first-order valence-electron chi connectivity index (χ1n) is 12.5. The van der Waals surface area contributed by atoms with Crippen LogP contribution in [0.4, 0.5) is 10.1 Å². The fourth-order valence-corrected chi connectivity index (χ4v) is 5.00. The van der Waals surface area contributed by atoms with E-state index in [-0.39, 0.29) is 43.6 Å². The Labute approximate surface area is 221 Å². The number of amides is 2. The number of carbonyl (C=O) groups is 2. The van der Waals surface area contributed by atoms with Gasteiger partial charge >= 0.3 is 0 Å². The molecule has 0 heterocycles. The van der Waals surface area contributed by atoms with Crippen LogP contribution in [0.1, 0.15) is 63.6 Å². The molecule has 0 aliphatic heterocycles. The molecule has 0 saturated heterocycles. The van der Waals surface area contributed by atoms with Crippen molar-refractivity contribution >= 4 is 27.5 Å². The van der Waals surface area contributed by atoms with Gasteiger partial charge in [0, 0.05) is 25.0 Å². The lowest BCUT2D eigenvalue weighted by atomic mass is 10.0. The summed E-state index contributed by atoms with van der Waals surface area (Å²) in [5, 5.41) is 2.95. The maximum absolute atomic E-state index is 13.5. The lowest BCUT2D eigenvalue weighted by Gasteiger charge is -2.33. The summed E-state index contributed by atoms with van der Waals surface area (Å²) < 4.78 is 39.8. The lowest BCUT2D eigenvalue weighted by molar-refractivity contribution is -0.142. The van der Waals surface area contributed by atoms with Crippen molar-refractivity contribution in [3.8, 4) is 0 Å². The van der Waals surface area contributed by atoms with Gasteiger partial charge in [0.25, 0.3) is 0 Å². The highest BCUT2D eigenvalue weighted by Gasteiger charge is 2.30. The van der Waals surface area contributed by atoms with E-state index in [1.54, 1.807) is 18.2 Å². The molecule has 1 atom stereocenters. The molecule has 0 spiro atoms. The second kappa shape index (κ2) is 12.5.